The summed E-state index contributed by atoms with van der Waals surface area (Å²) in [7, 11) is 0. The van der Waals surface area contributed by atoms with Crippen molar-refractivity contribution in [3.8, 4) is 0 Å². The molecule has 0 aromatic heterocycles. The Hall–Kier alpha value is -2.50. The lowest BCUT2D eigenvalue weighted by Gasteiger charge is -2.19. The molecule has 1 aromatic rings. The molecule has 6 nitrogen and oxygen atoms in total. The first-order valence-electron chi connectivity index (χ1n) is 5.84. The van der Waals surface area contributed by atoms with E-state index in [1.807, 2.05) is 0 Å². The first-order valence-corrected chi connectivity index (χ1v) is 5.84. The van der Waals surface area contributed by atoms with Gasteiger partial charge in [-0.1, -0.05) is 39.5 Å². The lowest BCUT2D eigenvalue weighted by atomic mass is 9.88. The summed E-state index contributed by atoms with van der Waals surface area (Å²) in [5, 5.41) is 10.8. The van der Waals surface area contributed by atoms with Gasteiger partial charge in [0.15, 0.2) is 0 Å². The van der Waals surface area contributed by atoms with Crippen molar-refractivity contribution < 1.29 is 19.2 Å². The number of para-hydroxylation sites is 1. The second kappa shape index (κ2) is 5.64. The smallest absolute Gasteiger partial charge is 0.353 e. The van der Waals surface area contributed by atoms with Crippen LogP contribution in [-0.4, -0.2) is 16.9 Å². The van der Waals surface area contributed by atoms with Gasteiger partial charge in [-0.05, 0) is 11.5 Å². The van der Waals surface area contributed by atoms with Gasteiger partial charge in [0.25, 0.3) is 5.69 Å². The average Bonchev–Trinajstić information content (AvgIpc) is 2.36. The van der Waals surface area contributed by atoms with Gasteiger partial charge >= 0.3 is 11.9 Å². The number of nitrogens with zero attached hydrogens (tertiary/aromatic N) is 1. The van der Waals surface area contributed by atoms with Crippen LogP contribution < -0.4 is 0 Å². The molecular formula is C14H15NO5. The van der Waals surface area contributed by atoms with Gasteiger partial charge in [-0.25, -0.2) is 9.59 Å². The molecule has 20 heavy (non-hydrogen) atoms. The third-order valence-corrected chi connectivity index (χ3v) is 2.66. The van der Waals surface area contributed by atoms with Crippen molar-refractivity contribution in [2.75, 3.05) is 0 Å². The Morgan fingerprint density at radius 1 is 1.25 bits per heavy atom. The summed E-state index contributed by atoms with van der Waals surface area (Å²) in [5.41, 5.74) is -1.12. The second-order valence-corrected chi connectivity index (χ2v) is 5.18. The molecule has 0 atom stereocenters. The van der Waals surface area contributed by atoms with Crippen LogP contribution >= 0.6 is 0 Å². The molecule has 1 rings (SSSR count). The van der Waals surface area contributed by atoms with Crippen LogP contribution in [0.2, 0.25) is 0 Å². The molecule has 0 aliphatic heterocycles. The number of hydrogen-bond donors (Lipinski definition) is 0. The summed E-state index contributed by atoms with van der Waals surface area (Å²) in [4.78, 5) is 33.7. The number of carbonyl (C=O) groups excluding carboxylic acids is 2. The van der Waals surface area contributed by atoms with Gasteiger partial charge < -0.3 is 4.74 Å². The fourth-order valence-corrected chi connectivity index (χ4v) is 1.31. The van der Waals surface area contributed by atoms with Crippen LogP contribution in [0, 0.1) is 15.5 Å². The molecule has 0 aliphatic rings. The number of nitro groups is 1. The van der Waals surface area contributed by atoms with Crippen molar-refractivity contribution in [3.63, 3.8) is 0 Å². The van der Waals surface area contributed by atoms with Gasteiger partial charge in [0.2, 0.25) is 0 Å². The van der Waals surface area contributed by atoms with E-state index < -0.39 is 28.0 Å². The van der Waals surface area contributed by atoms with Crippen LogP contribution in [-0.2, 0) is 9.53 Å². The van der Waals surface area contributed by atoms with E-state index in [1.165, 1.54) is 24.3 Å². The summed E-state index contributed by atoms with van der Waals surface area (Å²) < 4.78 is 4.63. The summed E-state index contributed by atoms with van der Waals surface area (Å²) in [6.07, 6.45) is 0. The zero-order valence-electron chi connectivity index (χ0n) is 11.5. The molecule has 0 fully saturated rings. The Bertz CT molecular complexity index is 583. The molecule has 6 heteroatoms. The molecule has 1 aromatic carbocycles. The highest BCUT2D eigenvalue weighted by atomic mass is 16.6. The Morgan fingerprint density at radius 2 is 1.80 bits per heavy atom. The summed E-state index contributed by atoms with van der Waals surface area (Å²) in [5.74, 6) is -1.95. The van der Waals surface area contributed by atoms with Gasteiger partial charge in [-0.15, -0.1) is 0 Å². The largest absolute Gasteiger partial charge is 0.386 e. The molecule has 0 amide bonds. The van der Waals surface area contributed by atoms with E-state index in [-0.39, 0.29) is 11.1 Å². The first-order chi connectivity index (χ1) is 9.14. The fourth-order valence-electron chi connectivity index (χ4n) is 1.31. The van der Waals surface area contributed by atoms with Crippen LogP contribution in [0.15, 0.2) is 36.4 Å². The second-order valence-electron chi connectivity index (χ2n) is 5.18. The highest BCUT2D eigenvalue weighted by Gasteiger charge is 2.28. The SMILES string of the molecule is C=C(C(=O)OC(=O)c1ccccc1[N+](=O)[O-])C(C)(C)C. The maximum Gasteiger partial charge on any atom is 0.353 e. The van der Waals surface area contributed by atoms with Crippen LogP contribution in [0.1, 0.15) is 31.1 Å². The molecular weight excluding hydrogens is 262 g/mol. The normalized spacial score (nSPS) is 10.8. The van der Waals surface area contributed by atoms with Gasteiger partial charge in [-0.3, -0.25) is 10.1 Å². The number of hydrogen-bond acceptors (Lipinski definition) is 5. The molecule has 0 aliphatic carbocycles. The van der Waals surface area contributed by atoms with E-state index in [0.717, 1.165) is 0 Å². The molecule has 0 unspecified atom stereocenters. The third kappa shape index (κ3) is 3.50. The first kappa shape index (κ1) is 15.6. The monoisotopic (exact) mass is 277 g/mol. The van der Waals surface area contributed by atoms with Gasteiger partial charge in [-0.2, -0.15) is 0 Å². The number of carbonyl (C=O) groups is 2. The molecule has 0 radical (unpaired) electrons. The van der Waals surface area contributed by atoms with Gasteiger partial charge in [0.05, 0.1) is 4.92 Å². The van der Waals surface area contributed by atoms with Crippen molar-refractivity contribution in [3.05, 3.63) is 52.1 Å². The minimum atomic E-state index is -1.06. The van der Waals surface area contributed by atoms with Crippen molar-refractivity contribution in [1.82, 2.24) is 0 Å². The lowest BCUT2D eigenvalue weighted by Crippen LogP contribution is -2.22. The number of benzene rings is 1. The van der Waals surface area contributed by atoms with Gasteiger partial charge in [0, 0.05) is 11.6 Å². The molecule has 0 saturated heterocycles. The van der Waals surface area contributed by atoms with E-state index >= 15 is 0 Å². The van der Waals surface area contributed by atoms with E-state index in [4.69, 9.17) is 0 Å². The Morgan fingerprint density at radius 3 is 2.30 bits per heavy atom. The van der Waals surface area contributed by atoms with E-state index in [2.05, 4.69) is 11.3 Å². The highest BCUT2D eigenvalue weighted by molar-refractivity contribution is 6.04. The molecule has 0 spiro atoms. The molecule has 0 N–H and O–H groups in total. The van der Waals surface area contributed by atoms with Crippen molar-refractivity contribution in [2.24, 2.45) is 5.41 Å². The minimum absolute atomic E-state index is 0.115. The molecule has 0 saturated carbocycles. The van der Waals surface area contributed by atoms with E-state index in [9.17, 15) is 19.7 Å². The zero-order valence-corrected chi connectivity index (χ0v) is 11.5. The highest BCUT2D eigenvalue weighted by Crippen LogP contribution is 2.25. The summed E-state index contributed by atoms with van der Waals surface area (Å²) in [6, 6.07) is 5.27. The van der Waals surface area contributed by atoms with E-state index in [1.54, 1.807) is 20.8 Å². The Kier molecular flexibility index (Phi) is 4.39. The maximum absolute atomic E-state index is 11.8. The summed E-state index contributed by atoms with van der Waals surface area (Å²) in [6.45, 7) is 8.80. The number of esters is 2. The quantitative estimate of drug-likeness (QED) is 0.279. The third-order valence-electron chi connectivity index (χ3n) is 2.66. The predicted molar refractivity (Wildman–Crippen MR) is 72.1 cm³/mol. The minimum Gasteiger partial charge on any atom is -0.386 e. The topological polar surface area (TPSA) is 86.5 Å². The van der Waals surface area contributed by atoms with Gasteiger partial charge in [0.1, 0.15) is 5.56 Å². The van der Waals surface area contributed by atoms with Crippen molar-refractivity contribution >= 4 is 17.6 Å². The average molecular weight is 277 g/mol. The number of nitro benzene ring substituents is 1. The maximum atomic E-state index is 11.8. The number of rotatable bonds is 3. The Labute approximate surface area is 116 Å². The molecule has 0 bridgehead atoms. The standard InChI is InChI=1S/C14H15NO5/c1-9(14(2,3)4)12(16)20-13(17)10-7-5-6-8-11(10)15(18)19/h5-8H,1H2,2-4H3. The number of ether oxygens (including phenoxy) is 1. The van der Waals surface area contributed by atoms with Crippen LogP contribution in [0.4, 0.5) is 5.69 Å². The predicted octanol–water partition coefficient (Wildman–Crippen LogP) is 2.88. The van der Waals surface area contributed by atoms with E-state index in [0.29, 0.717) is 0 Å². The van der Waals surface area contributed by atoms with Crippen molar-refractivity contribution in [2.45, 2.75) is 20.8 Å². The lowest BCUT2D eigenvalue weighted by molar-refractivity contribution is -0.385. The van der Waals surface area contributed by atoms with Crippen LogP contribution in [0.25, 0.3) is 0 Å². The molecule has 0 heterocycles. The zero-order chi connectivity index (χ0) is 15.5. The van der Waals surface area contributed by atoms with Crippen LogP contribution in [0.5, 0.6) is 0 Å². The fraction of sp³-hybridized carbons (Fsp3) is 0.286. The van der Waals surface area contributed by atoms with Crippen LogP contribution in [0.3, 0.4) is 0 Å². The molecule has 106 valence electrons. The summed E-state index contributed by atoms with van der Waals surface area (Å²) >= 11 is 0. The van der Waals surface area contributed by atoms with Crippen molar-refractivity contribution in [1.29, 1.82) is 0 Å². The Balaban J connectivity index is 2.96.